The number of halogens is 1. The molecule has 0 spiro atoms. The van der Waals surface area contributed by atoms with Crippen LogP contribution in [0.15, 0.2) is 70.7 Å². The van der Waals surface area contributed by atoms with Gasteiger partial charge in [-0.3, -0.25) is 9.10 Å². The lowest BCUT2D eigenvalue weighted by Gasteiger charge is -2.24. The van der Waals surface area contributed by atoms with Crippen molar-refractivity contribution in [1.82, 2.24) is 5.43 Å². The van der Waals surface area contributed by atoms with Crippen LogP contribution in [-0.4, -0.2) is 55.0 Å². The fourth-order valence-electron chi connectivity index (χ4n) is 3.41. The van der Waals surface area contributed by atoms with Crippen molar-refractivity contribution in [3.63, 3.8) is 0 Å². The van der Waals surface area contributed by atoms with Gasteiger partial charge in [0.05, 0.1) is 44.7 Å². The molecule has 202 valence electrons. The molecule has 10 nitrogen and oxygen atoms in total. The number of hydrazone groups is 1. The van der Waals surface area contributed by atoms with Gasteiger partial charge in [0.15, 0.2) is 23.0 Å². The van der Waals surface area contributed by atoms with Gasteiger partial charge in [-0.2, -0.15) is 5.10 Å². The van der Waals surface area contributed by atoms with Crippen LogP contribution >= 0.6 is 0 Å². The number of anilines is 1. The lowest BCUT2D eigenvalue weighted by molar-refractivity contribution is -0.119. The predicted octanol–water partition coefficient (Wildman–Crippen LogP) is 3.60. The van der Waals surface area contributed by atoms with Crippen molar-refractivity contribution >= 4 is 27.8 Å². The standard InChI is InChI=1S/C26H28FN3O7S/c1-5-37-23-12-6-18(14-24(23)35-3)16-28-29-26(31)17-30(20-9-7-19(27)8-10-20)38(32,33)21-11-13-22(34-2)25(15-21)36-4/h6-16H,5,17H2,1-4H3,(H,29,31)/b28-16-. The van der Waals surface area contributed by atoms with Crippen LogP contribution in [0, 0.1) is 5.82 Å². The highest BCUT2D eigenvalue weighted by molar-refractivity contribution is 7.92. The number of hydrogen-bond donors (Lipinski definition) is 1. The van der Waals surface area contributed by atoms with Gasteiger partial charge in [0.25, 0.3) is 15.9 Å². The van der Waals surface area contributed by atoms with Crippen LogP contribution in [0.4, 0.5) is 10.1 Å². The molecule has 1 N–H and O–H groups in total. The number of ether oxygens (including phenoxy) is 4. The van der Waals surface area contributed by atoms with Gasteiger partial charge in [0.2, 0.25) is 0 Å². The molecule has 12 heteroatoms. The first-order valence-electron chi connectivity index (χ1n) is 11.4. The van der Waals surface area contributed by atoms with Crippen LogP contribution in [-0.2, 0) is 14.8 Å². The number of amides is 1. The van der Waals surface area contributed by atoms with E-state index in [1.165, 1.54) is 57.9 Å². The van der Waals surface area contributed by atoms with Crippen molar-refractivity contribution in [3.8, 4) is 23.0 Å². The highest BCUT2D eigenvalue weighted by Crippen LogP contribution is 2.32. The van der Waals surface area contributed by atoms with Crippen LogP contribution in [0.1, 0.15) is 12.5 Å². The fraction of sp³-hybridized carbons (Fsp3) is 0.231. The van der Waals surface area contributed by atoms with Crippen molar-refractivity contribution in [2.75, 3.05) is 38.8 Å². The summed E-state index contributed by atoms with van der Waals surface area (Å²) in [7, 11) is 0.0137. The van der Waals surface area contributed by atoms with E-state index in [0.29, 0.717) is 29.4 Å². The zero-order chi connectivity index (χ0) is 27.7. The number of methoxy groups -OCH3 is 3. The summed E-state index contributed by atoms with van der Waals surface area (Å²) >= 11 is 0. The molecule has 0 unspecified atom stereocenters. The second-order valence-corrected chi connectivity index (χ2v) is 9.50. The average molecular weight is 546 g/mol. The molecule has 0 fully saturated rings. The van der Waals surface area contributed by atoms with Crippen molar-refractivity contribution in [3.05, 3.63) is 72.0 Å². The lowest BCUT2D eigenvalue weighted by atomic mass is 10.2. The summed E-state index contributed by atoms with van der Waals surface area (Å²) in [5.41, 5.74) is 3.01. The SMILES string of the molecule is CCOc1ccc(/C=N\NC(=O)CN(c2ccc(F)cc2)S(=O)(=O)c2ccc(OC)c(OC)c2)cc1OC. The van der Waals surface area contributed by atoms with E-state index in [1.807, 2.05) is 6.92 Å². The Balaban J connectivity index is 1.85. The van der Waals surface area contributed by atoms with Crippen molar-refractivity contribution in [2.45, 2.75) is 11.8 Å². The van der Waals surface area contributed by atoms with E-state index in [4.69, 9.17) is 18.9 Å². The van der Waals surface area contributed by atoms with Crippen molar-refractivity contribution < 1.29 is 36.6 Å². The minimum Gasteiger partial charge on any atom is -0.493 e. The monoisotopic (exact) mass is 545 g/mol. The first-order chi connectivity index (χ1) is 18.2. The van der Waals surface area contributed by atoms with E-state index in [-0.39, 0.29) is 16.3 Å². The molecule has 38 heavy (non-hydrogen) atoms. The summed E-state index contributed by atoms with van der Waals surface area (Å²) in [4.78, 5) is 12.6. The first-order valence-corrected chi connectivity index (χ1v) is 12.8. The second-order valence-electron chi connectivity index (χ2n) is 7.64. The Morgan fingerprint density at radius 1 is 0.921 bits per heavy atom. The molecule has 3 aromatic rings. The van der Waals surface area contributed by atoms with Gasteiger partial charge in [0.1, 0.15) is 12.4 Å². The van der Waals surface area contributed by atoms with E-state index in [0.717, 1.165) is 16.4 Å². The molecule has 0 aliphatic carbocycles. The molecule has 3 rings (SSSR count). The van der Waals surface area contributed by atoms with E-state index in [2.05, 4.69) is 10.5 Å². The van der Waals surface area contributed by atoms with Crippen LogP contribution in [0.5, 0.6) is 23.0 Å². The lowest BCUT2D eigenvalue weighted by Crippen LogP contribution is -2.39. The third-order valence-corrected chi connectivity index (χ3v) is 7.01. The maximum Gasteiger partial charge on any atom is 0.264 e. The zero-order valence-electron chi connectivity index (χ0n) is 21.3. The van der Waals surface area contributed by atoms with Gasteiger partial charge < -0.3 is 18.9 Å². The quantitative estimate of drug-likeness (QED) is 0.273. The number of nitrogens with zero attached hydrogens (tertiary/aromatic N) is 2. The van der Waals surface area contributed by atoms with Gasteiger partial charge in [-0.25, -0.2) is 18.2 Å². The maximum atomic E-state index is 13.6. The molecule has 0 heterocycles. The maximum absolute atomic E-state index is 13.6. The molecule has 0 radical (unpaired) electrons. The molecular formula is C26H28FN3O7S. The Hall–Kier alpha value is -4.32. The predicted molar refractivity (Wildman–Crippen MR) is 140 cm³/mol. The Labute approximate surface area is 220 Å². The second kappa shape index (κ2) is 12.8. The molecule has 0 saturated heterocycles. The summed E-state index contributed by atoms with van der Waals surface area (Å²) in [6.07, 6.45) is 1.38. The smallest absolute Gasteiger partial charge is 0.264 e. The van der Waals surface area contributed by atoms with Crippen LogP contribution in [0.2, 0.25) is 0 Å². The van der Waals surface area contributed by atoms with Crippen molar-refractivity contribution in [1.29, 1.82) is 0 Å². The molecule has 1 amide bonds. The number of sulfonamides is 1. The van der Waals surface area contributed by atoms with E-state index in [9.17, 15) is 17.6 Å². The summed E-state index contributed by atoms with van der Waals surface area (Å²) < 4.78 is 62.7. The highest BCUT2D eigenvalue weighted by atomic mass is 32.2. The summed E-state index contributed by atoms with van der Waals surface area (Å²) in [6.45, 7) is 1.69. The molecule has 0 bridgehead atoms. The molecular weight excluding hydrogens is 517 g/mol. The van der Waals surface area contributed by atoms with Crippen molar-refractivity contribution in [2.24, 2.45) is 5.10 Å². The topological polar surface area (TPSA) is 116 Å². The van der Waals surface area contributed by atoms with E-state index >= 15 is 0 Å². The van der Waals surface area contributed by atoms with E-state index < -0.39 is 28.3 Å². The van der Waals surface area contributed by atoms with Gasteiger partial charge in [-0.05, 0) is 67.1 Å². The highest BCUT2D eigenvalue weighted by Gasteiger charge is 2.28. The summed E-state index contributed by atoms with van der Waals surface area (Å²) in [5, 5.41) is 3.92. The van der Waals surface area contributed by atoms with Crippen LogP contribution in [0.3, 0.4) is 0 Å². The Bertz CT molecular complexity index is 1400. The normalized spacial score (nSPS) is 11.2. The van der Waals surface area contributed by atoms with E-state index in [1.54, 1.807) is 18.2 Å². The number of carbonyl (C=O) groups is 1. The Kier molecular flexibility index (Phi) is 9.49. The van der Waals surface area contributed by atoms with Gasteiger partial charge >= 0.3 is 0 Å². The number of nitrogens with one attached hydrogen (secondary N) is 1. The third kappa shape index (κ3) is 6.71. The molecule has 0 saturated carbocycles. The molecule has 0 aliphatic rings. The number of carbonyl (C=O) groups excluding carboxylic acids is 1. The largest absolute Gasteiger partial charge is 0.493 e. The minimum absolute atomic E-state index is 0.0802. The number of hydrogen-bond acceptors (Lipinski definition) is 8. The number of rotatable bonds is 12. The molecule has 0 atom stereocenters. The van der Waals surface area contributed by atoms with Gasteiger partial charge in [0, 0.05) is 6.07 Å². The summed E-state index contributed by atoms with van der Waals surface area (Å²) in [5.74, 6) is 0.284. The minimum atomic E-state index is -4.28. The van der Waals surface area contributed by atoms with Gasteiger partial charge in [-0.15, -0.1) is 0 Å². The van der Waals surface area contributed by atoms with Crippen LogP contribution < -0.4 is 28.7 Å². The first kappa shape index (κ1) is 28.3. The molecule has 0 aromatic heterocycles. The fourth-order valence-corrected chi connectivity index (χ4v) is 4.85. The zero-order valence-corrected chi connectivity index (χ0v) is 22.1. The summed E-state index contributed by atoms with van der Waals surface area (Å²) in [6, 6.07) is 13.9. The Morgan fingerprint density at radius 3 is 2.18 bits per heavy atom. The Morgan fingerprint density at radius 2 is 1.55 bits per heavy atom. The van der Waals surface area contributed by atoms with Crippen LogP contribution in [0.25, 0.3) is 0 Å². The molecule has 0 aliphatic heterocycles. The van der Waals surface area contributed by atoms with Gasteiger partial charge in [-0.1, -0.05) is 0 Å². The molecule has 3 aromatic carbocycles. The number of benzene rings is 3. The average Bonchev–Trinajstić information content (AvgIpc) is 2.92. The third-order valence-electron chi connectivity index (χ3n) is 5.24.